The number of hydrogen-bond donors (Lipinski definition) is 0. The Morgan fingerprint density at radius 3 is 2.82 bits per heavy atom. The van der Waals surface area contributed by atoms with Gasteiger partial charge in [0.15, 0.2) is 0 Å². The third-order valence-corrected chi connectivity index (χ3v) is 3.56. The van der Waals surface area contributed by atoms with Gasteiger partial charge >= 0.3 is 0 Å². The number of piperidine rings is 1. The number of benzene rings is 1. The molecule has 0 aromatic heterocycles. The molecule has 1 fully saturated rings. The average Bonchev–Trinajstić information content (AvgIpc) is 2.32. The Hall–Kier alpha value is -0.930. The van der Waals surface area contributed by atoms with Crippen molar-refractivity contribution in [2.75, 3.05) is 27.2 Å². The van der Waals surface area contributed by atoms with Gasteiger partial charge in [0, 0.05) is 24.7 Å². The molecule has 1 aliphatic rings. The minimum Gasteiger partial charge on any atom is -0.305 e. The lowest BCUT2D eigenvalue weighted by Crippen LogP contribution is -2.44. The molecule has 0 N–H and O–H groups in total. The first-order valence-corrected chi connectivity index (χ1v) is 6.29. The minimum absolute atomic E-state index is 0.0838. The molecule has 1 atom stereocenters. The first-order valence-electron chi connectivity index (χ1n) is 6.29. The van der Waals surface area contributed by atoms with Crippen molar-refractivity contribution < 1.29 is 4.39 Å². The van der Waals surface area contributed by atoms with E-state index in [1.807, 2.05) is 12.1 Å². The van der Waals surface area contributed by atoms with Gasteiger partial charge in [0.2, 0.25) is 0 Å². The lowest BCUT2D eigenvalue weighted by molar-refractivity contribution is 0.127. The fourth-order valence-corrected chi connectivity index (χ4v) is 2.46. The molecule has 0 bridgehead atoms. The summed E-state index contributed by atoms with van der Waals surface area (Å²) < 4.78 is 13.6. The molecule has 0 saturated carbocycles. The maximum absolute atomic E-state index is 13.6. The van der Waals surface area contributed by atoms with E-state index in [-0.39, 0.29) is 5.82 Å². The van der Waals surface area contributed by atoms with E-state index in [4.69, 9.17) is 0 Å². The van der Waals surface area contributed by atoms with Crippen molar-refractivity contribution in [3.63, 3.8) is 0 Å². The Bertz CT molecular complexity index is 365. The Morgan fingerprint density at radius 1 is 1.35 bits per heavy atom. The average molecular weight is 236 g/mol. The van der Waals surface area contributed by atoms with Gasteiger partial charge in [-0.3, -0.25) is 4.90 Å². The third-order valence-electron chi connectivity index (χ3n) is 3.56. The molecular formula is C14H21FN2. The first-order chi connectivity index (χ1) is 8.16. The topological polar surface area (TPSA) is 6.48 Å². The second-order valence-electron chi connectivity index (χ2n) is 5.09. The van der Waals surface area contributed by atoms with Crippen molar-refractivity contribution in [2.24, 2.45) is 0 Å². The largest absolute Gasteiger partial charge is 0.305 e. The molecule has 2 nitrogen and oxygen atoms in total. The lowest BCUT2D eigenvalue weighted by Gasteiger charge is -2.36. The van der Waals surface area contributed by atoms with Crippen molar-refractivity contribution in [3.05, 3.63) is 35.6 Å². The molecule has 1 aliphatic heterocycles. The fourth-order valence-electron chi connectivity index (χ4n) is 2.46. The number of likely N-dealkylation sites (tertiary alicyclic amines) is 1. The summed E-state index contributed by atoms with van der Waals surface area (Å²) in [6.07, 6.45) is 2.46. The van der Waals surface area contributed by atoms with E-state index in [1.54, 1.807) is 12.1 Å². The van der Waals surface area contributed by atoms with Crippen LogP contribution in [-0.4, -0.2) is 43.0 Å². The van der Waals surface area contributed by atoms with Crippen LogP contribution in [0.5, 0.6) is 0 Å². The smallest absolute Gasteiger partial charge is 0.127 e. The van der Waals surface area contributed by atoms with Crippen molar-refractivity contribution in [1.29, 1.82) is 0 Å². The van der Waals surface area contributed by atoms with Gasteiger partial charge in [0.1, 0.15) is 5.82 Å². The molecule has 94 valence electrons. The zero-order valence-electron chi connectivity index (χ0n) is 10.7. The highest BCUT2D eigenvalue weighted by Gasteiger charge is 2.21. The maximum atomic E-state index is 13.6. The van der Waals surface area contributed by atoms with E-state index >= 15 is 0 Å². The number of likely N-dealkylation sites (N-methyl/N-ethyl adjacent to an activating group) is 1. The summed E-state index contributed by atoms with van der Waals surface area (Å²) in [5.74, 6) is -0.0838. The summed E-state index contributed by atoms with van der Waals surface area (Å²) in [5, 5.41) is 0. The van der Waals surface area contributed by atoms with Crippen LogP contribution in [0.4, 0.5) is 4.39 Å². The zero-order valence-corrected chi connectivity index (χ0v) is 10.7. The minimum atomic E-state index is -0.0838. The molecule has 0 radical (unpaired) electrons. The number of rotatable bonds is 3. The molecule has 2 rings (SSSR count). The molecule has 1 heterocycles. The van der Waals surface area contributed by atoms with Gasteiger partial charge in [-0.25, -0.2) is 4.39 Å². The van der Waals surface area contributed by atoms with E-state index in [0.717, 1.165) is 25.2 Å². The highest BCUT2D eigenvalue weighted by molar-refractivity contribution is 5.17. The number of hydrogen-bond acceptors (Lipinski definition) is 2. The molecule has 3 heteroatoms. The standard InChI is InChI=1S/C14H21FN2/c1-16(2)13-7-5-9-17(11-13)10-12-6-3-4-8-14(12)15/h3-4,6,8,13H,5,7,9-11H2,1-2H3. The van der Waals surface area contributed by atoms with Crippen molar-refractivity contribution >= 4 is 0 Å². The van der Waals surface area contributed by atoms with Crippen LogP contribution in [0.25, 0.3) is 0 Å². The van der Waals surface area contributed by atoms with Gasteiger partial charge in [-0.15, -0.1) is 0 Å². The van der Waals surface area contributed by atoms with Crippen LogP contribution in [0.1, 0.15) is 18.4 Å². The normalized spacial score (nSPS) is 22.0. The van der Waals surface area contributed by atoms with Gasteiger partial charge < -0.3 is 4.90 Å². The quantitative estimate of drug-likeness (QED) is 0.795. The summed E-state index contributed by atoms with van der Waals surface area (Å²) in [4.78, 5) is 4.63. The summed E-state index contributed by atoms with van der Waals surface area (Å²) in [6.45, 7) is 2.86. The summed E-state index contributed by atoms with van der Waals surface area (Å²) in [6, 6.07) is 7.69. The van der Waals surface area contributed by atoms with E-state index in [9.17, 15) is 4.39 Å². The maximum Gasteiger partial charge on any atom is 0.127 e. The van der Waals surface area contributed by atoms with Gasteiger partial charge in [0.25, 0.3) is 0 Å². The SMILES string of the molecule is CN(C)C1CCCN(Cc2ccccc2F)C1. The van der Waals surface area contributed by atoms with E-state index < -0.39 is 0 Å². The Kier molecular flexibility index (Phi) is 4.13. The van der Waals surface area contributed by atoms with Crippen LogP contribution in [0.15, 0.2) is 24.3 Å². The van der Waals surface area contributed by atoms with Crippen LogP contribution in [0, 0.1) is 5.82 Å². The molecule has 1 aromatic rings. The van der Waals surface area contributed by atoms with Crippen LogP contribution >= 0.6 is 0 Å². The fraction of sp³-hybridized carbons (Fsp3) is 0.571. The van der Waals surface area contributed by atoms with E-state index in [2.05, 4.69) is 23.9 Å². The van der Waals surface area contributed by atoms with Gasteiger partial charge in [-0.05, 0) is 39.5 Å². The van der Waals surface area contributed by atoms with Crippen LogP contribution in [0.2, 0.25) is 0 Å². The highest BCUT2D eigenvalue weighted by atomic mass is 19.1. The summed E-state index contributed by atoms with van der Waals surface area (Å²) >= 11 is 0. The highest BCUT2D eigenvalue weighted by Crippen LogP contribution is 2.17. The Morgan fingerprint density at radius 2 is 2.12 bits per heavy atom. The van der Waals surface area contributed by atoms with E-state index in [0.29, 0.717) is 6.04 Å². The molecule has 0 aliphatic carbocycles. The van der Waals surface area contributed by atoms with Gasteiger partial charge in [-0.2, -0.15) is 0 Å². The molecule has 0 amide bonds. The Balaban J connectivity index is 1.97. The van der Waals surface area contributed by atoms with Crippen LogP contribution in [0.3, 0.4) is 0 Å². The van der Waals surface area contributed by atoms with Crippen molar-refractivity contribution in [2.45, 2.75) is 25.4 Å². The molecule has 1 aromatic carbocycles. The lowest BCUT2D eigenvalue weighted by atomic mass is 10.0. The molecular weight excluding hydrogens is 215 g/mol. The predicted molar refractivity (Wildman–Crippen MR) is 68.4 cm³/mol. The monoisotopic (exact) mass is 236 g/mol. The second kappa shape index (κ2) is 5.61. The number of nitrogens with zero attached hydrogens (tertiary/aromatic N) is 2. The Labute approximate surface area is 103 Å². The second-order valence-corrected chi connectivity index (χ2v) is 5.09. The van der Waals surface area contributed by atoms with E-state index in [1.165, 1.54) is 12.8 Å². The van der Waals surface area contributed by atoms with Gasteiger partial charge in [-0.1, -0.05) is 18.2 Å². The van der Waals surface area contributed by atoms with Crippen LogP contribution < -0.4 is 0 Å². The summed E-state index contributed by atoms with van der Waals surface area (Å²) in [5.41, 5.74) is 0.812. The molecule has 17 heavy (non-hydrogen) atoms. The molecule has 0 spiro atoms. The number of halogens is 1. The predicted octanol–water partition coefficient (Wildman–Crippen LogP) is 2.35. The zero-order chi connectivity index (χ0) is 12.3. The van der Waals surface area contributed by atoms with Crippen molar-refractivity contribution in [1.82, 2.24) is 9.80 Å². The summed E-state index contributed by atoms with van der Waals surface area (Å²) in [7, 11) is 4.24. The van der Waals surface area contributed by atoms with Crippen molar-refractivity contribution in [3.8, 4) is 0 Å². The molecule has 1 saturated heterocycles. The van der Waals surface area contributed by atoms with Crippen LogP contribution in [-0.2, 0) is 6.54 Å². The first kappa shape index (κ1) is 12.5. The molecule has 1 unspecified atom stereocenters. The third kappa shape index (κ3) is 3.27. The van der Waals surface area contributed by atoms with Gasteiger partial charge in [0.05, 0.1) is 0 Å².